The molecule has 1 aromatic rings. The molecule has 1 amide bonds. The van der Waals surface area contributed by atoms with Crippen molar-refractivity contribution in [1.29, 1.82) is 0 Å². The molecule has 0 bridgehead atoms. The predicted molar refractivity (Wildman–Crippen MR) is 93.7 cm³/mol. The molecule has 24 heavy (non-hydrogen) atoms. The first-order chi connectivity index (χ1) is 11.3. The SMILES string of the molecule is COc1cccc(NC(=O)CN2CCCC(N(C)S(C)(=O)=O)C2)c1. The van der Waals surface area contributed by atoms with E-state index < -0.39 is 10.0 Å². The van der Waals surface area contributed by atoms with Crippen LogP contribution >= 0.6 is 0 Å². The van der Waals surface area contributed by atoms with E-state index in [9.17, 15) is 13.2 Å². The predicted octanol–water partition coefficient (Wildman–Crippen LogP) is 0.989. The Morgan fingerprint density at radius 3 is 2.88 bits per heavy atom. The third-order valence-electron chi connectivity index (χ3n) is 4.24. The highest BCUT2D eigenvalue weighted by Gasteiger charge is 2.28. The first-order valence-electron chi connectivity index (χ1n) is 7.89. The minimum absolute atomic E-state index is 0.0848. The van der Waals surface area contributed by atoms with E-state index in [1.807, 2.05) is 17.0 Å². The van der Waals surface area contributed by atoms with Crippen molar-refractivity contribution in [3.63, 3.8) is 0 Å². The monoisotopic (exact) mass is 355 g/mol. The number of carbonyl (C=O) groups is 1. The number of nitrogens with one attached hydrogen (secondary N) is 1. The Balaban J connectivity index is 1.91. The van der Waals surface area contributed by atoms with Gasteiger partial charge in [0.25, 0.3) is 0 Å². The van der Waals surface area contributed by atoms with E-state index in [0.717, 1.165) is 19.4 Å². The number of benzene rings is 1. The Bertz CT molecular complexity index is 678. The lowest BCUT2D eigenvalue weighted by Crippen LogP contribution is -2.49. The summed E-state index contributed by atoms with van der Waals surface area (Å²) >= 11 is 0. The van der Waals surface area contributed by atoms with E-state index in [2.05, 4.69) is 5.32 Å². The van der Waals surface area contributed by atoms with Gasteiger partial charge < -0.3 is 10.1 Å². The number of hydrogen-bond acceptors (Lipinski definition) is 5. The molecule has 0 aliphatic carbocycles. The standard InChI is InChI=1S/C16H25N3O4S/c1-18(24(3,21)22)14-7-5-9-19(11-14)12-16(20)17-13-6-4-8-15(10-13)23-2/h4,6,8,10,14H,5,7,9,11-12H2,1-3H3,(H,17,20). The van der Waals surface area contributed by atoms with Gasteiger partial charge in [0, 0.05) is 31.4 Å². The summed E-state index contributed by atoms with van der Waals surface area (Å²) in [7, 11) is -0.0449. The summed E-state index contributed by atoms with van der Waals surface area (Å²) in [5, 5.41) is 2.85. The maximum atomic E-state index is 12.2. The highest BCUT2D eigenvalue weighted by atomic mass is 32.2. The second-order valence-corrected chi connectivity index (χ2v) is 8.13. The van der Waals surface area contributed by atoms with Crippen LogP contribution in [0.15, 0.2) is 24.3 Å². The molecule has 1 unspecified atom stereocenters. The fourth-order valence-corrected chi connectivity index (χ4v) is 3.56. The highest BCUT2D eigenvalue weighted by Crippen LogP contribution is 2.18. The van der Waals surface area contributed by atoms with Crippen molar-refractivity contribution in [1.82, 2.24) is 9.21 Å². The van der Waals surface area contributed by atoms with Gasteiger partial charge in [0.15, 0.2) is 0 Å². The Morgan fingerprint density at radius 2 is 2.21 bits per heavy atom. The van der Waals surface area contributed by atoms with Crippen LogP contribution in [0.4, 0.5) is 5.69 Å². The summed E-state index contributed by atoms with van der Waals surface area (Å²) in [4.78, 5) is 14.2. The lowest BCUT2D eigenvalue weighted by atomic mass is 10.1. The third kappa shape index (κ3) is 5.19. The van der Waals surface area contributed by atoms with Gasteiger partial charge in [-0.15, -0.1) is 0 Å². The van der Waals surface area contributed by atoms with Gasteiger partial charge in [-0.3, -0.25) is 9.69 Å². The van der Waals surface area contributed by atoms with Crippen molar-refractivity contribution in [2.45, 2.75) is 18.9 Å². The molecule has 1 aliphatic heterocycles. The maximum absolute atomic E-state index is 12.2. The molecule has 2 rings (SSSR count). The molecule has 1 aromatic carbocycles. The number of sulfonamides is 1. The fraction of sp³-hybridized carbons (Fsp3) is 0.562. The largest absolute Gasteiger partial charge is 0.497 e. The van der Waals surface area contributed by atoms with Crippen molar-refractivity contribution >= 4 is 21.6 Å². The van der Waals surface area contributed by atoms with E-state index in [0.29, 0.717) is 18.0 Å². The molecule has 8 heteroatoms. The lowest BCUT2D eigenvalue weighted by molar-refractivity contribution is -0.117. The Kier molecular flexibility index (Phi) is 6.20. The van der Waals surface area contributed by atoms with Crippen LogP contribution in [0.25, 0.3) is 0 Å². The summed E-state index contributed by atoms with van der Waals surface area (Å²) in [6.07, 6.45) is 2.90. The molecule has 0 aromatic heterocycles. The normalized spacial score (nSPS) is 19.2. The molecule has 0 saturated carbocycles. The van der Waals surface area contributed by atoms with Gasteiger partial charge >= 0.3 is 0 Å². The highest BCUT2D eigenvalue weighted by molar-refractivity contribution is 7.88. The summed E-state index contributed by atoms with van der Waals surface area (Å²) in [6, 6.07) is 7.10. The number of likely N-dealkylation sites (N-methyl/N-ethyl adjacent to an activating group) is 1. The molecule has 1 aliphatic rings. The number of nitrogens with zero attached hydrogens (tertiary/aromatic N) is 2. The van der Waals surface area contributed by atoms with Crippen LogP contribution in [-0.2, 0) is 14.8 Å². The average molecular weight is 355 g/mol. The van der Waals surface area contributed by atoms with E-state index in [4.69, 9.17) is 4.74 Å². The second kappa shape index (κ2) is 7.96. The van der Waals surface area contributed by atoms with Crippen LogP contribution in [0.2, 0.25) is 0 Å². The zero-order valence-corrected chi connectivity index (χ0v) is 15.2. The summed E-state index contributed by atoms with van der Waals surface area (Å²) < 4.78 is 29.9. The number of hydrogen-bond donors (Lipinski definition) is 1. The molecule has 134 valence electrons. The average Bonchev–Trinajstić information content (AvgIpc) is 2.53. The minimum atomic E-state index is -3.22. The van der Waals surface area contributed by atoms with Gasteiger partial charge in [-0.2, -0.15) is 0 Å². The molecular weight excluding hydrogens is 330 g/mol. The minimum Gasteiger partial charge on any atom is -0.497 e. The Labute approximate surface area is 143 Å². The molecule has 1 fully saturated rings. The number of carbonyl (C=O) groups excluding carboxylic acids is 1. The number of likely N-dealkylation sites (tertiary alicyclic amines) is 1. The lowest BCUT2D eigenvalue weighted by Gasteiger charge is -2.36. The molecule has 7 nitrogen and oxygen atoms in total. The first kappa shape index (κ1) is 18.7. The van der Waals surface area contributed by atoms with Crippen LogP contribution in [-0.4, -0.2) is 69.6 Å². The molecule has 0 spiro atoms. The van der Waals surface area contributed by atoms with E-state index in [-0.39, 0.29) is 18.5 Å². The van der Waals surface area contributed by atoms with Crippen molar-refractivity contribution in [3.05, 3.63) is 24.3 Å². The van der Waals surface area contributed by atoms with Gasteiger partial charge in [-0.25, -0.2) is 12.7 Å². The Hall–Kier alpha value is -1.64. The number of amides is 1. The number of methoxy groups -OCH3 is 1. The van der Waals surface area contributed by atoms with Crippen LogP contribution in [0.3, 0.4) is 0 Å². The molecule has 1 atom stereocenters. The van der Waals surface area contributed by atoms with E-state index in [1.165, 1.54) is 10.6 Å². The van der Waals surface area contributed by atoms with Crippen LogP contribution < -0.4 is 10.1 Å². The van der Waals surface area contributed by atoms with Crippen molar-refractivity contribution in [2.75, 3.05) is 45.4 Å². The Morgan fingerprint density at radius 1 is 1.46 bits per heavy atom. The number of anilines is 1. The molecule has 1 saturated heterocycles. The van der Waals surface area contributed by atoms with Crippen molar-refractivity contribution in [2.24, 2.45) is 0 Å². The topological polar surface area (TPSA) is 79.0 Å². The molecule has 1 heterocycles. The molecular formula is C16H25N3O4S. The smallest absolute Gasteiger partial charge is 0.238 e. The van der Waals surface area contributed by atoms with Crippen molar-refractivity contribution < 1.29 is 17.9 Å². The first-order valence-corrected chi connectivity index (χ1v) is 9.73. The van der Waals surface area contributed by atoms with E-state index in [1.54, 1.807) is 26.3 Å². The summed E-state index contributed by atoms with van der Waals surface area (Å²) in [5.74, 6) is 0.562. The van der Waals surface area contributed by atoms with Gasteiger partial charge in [-0.1, -0.05) is 6.07 Å². The molecule has 0 radical (unpaired) electrons. The quantitative estimate of drug-likeness (QED) is 0.823. The molecule has 1 N–H and O–H groups in total. The van der Waals surface area contributed by atoms with Crippen LogP contribution in [0.5, 0.6) is 5.75 Å². The van der Waals surface area contributed by atoms with Crippen LogP contribution in [0, 0.1) is 0 Å². The summed E-state index contributed by atoms with van der Waals surface area (Å²) in [5.41, 5.74) is 0.682. The van der Waals surface area contributed by atoms with Crippen molar-refractivity contribution in [3.8, 4) is 5.75 Å². The van der Waals surface area contributed by atoms with Crippen LogP contribution in [0.1, 0.15) is 12.8 Å². The van der Waals surface area contributed by atoms with Gasteiger partial charge in [0.05, 0.1) is 19.9 Å². The fourth-order valence-electron chi connectivity index (χ4n) is 2.85. The van der Waals surface area contributed by atoms with E-state index >= 15 is 0 Å². The third-order valence-corrected chi connectivity index (χ3v) is 5.58. The van der Waals surface area contributed by atoms with Gasteiger partial charge in [0.1, 0.15) is 5.75 Å². The number of ether oxygens (including phenoxy) is 1. The maximum Gasteiger partial charge on any atom is 0.238 e. The second-order valence-electron chi connectivity index (χ2n) is 6.09. The van der Waals surface area contributed by atoms with Gasteiger partial charge in [0.2, 0.25) is 15.9 Å². The summed E-state index contributed by atoms with van der Waals surface area (Å²) in [6.45, 7) is 1.60. The van der Waals surface area contributed by atoms with Gasteiger partial charge in [-0.05, 0) is 31.5 Å². The number of piperidine rings is 1. The zero-order valence-electron chi connectivity index (χ0n) is 14.4. The zero-order chi connectivity index (χ0) is 17.7. The number of rotatable bonds is 6.